The van der Waals surface area contributed by atoms with Crippen molar-refractivity contribution in [3.63, 3.8) is 0 Å². The number of para-hydroxylation sites is 1. The van der Waals surface area contributed by atoms with Crippen molar-refractivity contribution in [2.45, 2.75) is 63.6 Å². The summed E-state index contributed by atoms with van der Waals surface area (Å²) in [7, 11) is 0. The lowest BCUT2D eigenvalue weighted by Crippen LogP contribution is -2.52. The number of nitrogens with one attached hydrogen (secondary N) is 1. The van der Waals surface area contributed by atoms with Gasteiger partial charge in [-0.25, -0.2) is 0 Å². The Kier molecular flexibility index (Phi) is 6.28. The van der Waals surface area contributed by atoms with Gasteiger partial charge in [-0.2, -0.15) is 0 Å². The molecule has 4 aliphatic rings. The molecule has 6 rings (SSSR count). The van der Waals surface area contributed by atoms with Crippen LogP contribution in [-0.4, -0.2) is 59.1 Å². The Balaban J connectivity index is 1.10. The largest absolute Gasteiger partial charge is 0.322 e. The minimum Gasteiger partial charge on any atom is -0.322 e. The summed E-state index contributed by atoms with van der Waals surface area (Å²) < 4.78 is 0. The zero-order valence-corrected chi connectivity index (χ0v) is 20.9. The number of hydrogen-bond acceptors (Lipinski definition) is 5. The zero-order chi connectivity index (χ0) is 25.5. The van der Waals surface area contributed by atoms with E-state index in [0.29, 0.717) is 30.9 Å². The van der Waals surface area contributed by atoms with Crippen molar-refractivity contribution >= 4 is 29.3 Å². The Labute approximate surface area is 216 Å². The van der Waals surface area contributed by atoms with Gasteiger partial charge in [0.1, 0.15) is 6.04 Å². The van der Waals surface area contributed by atoms with Crippen molar-refractivity contribution in [3.05, 3.63) is 64.7 Å². The van der Waals surface area contributed by atoms with Gasteiger partial charge in [0.2, 0.25) is 17.7 Å². The lowest BCUT2D eigenvalue weighted by atomic mass is 9.87. The summed E-state index contributed by atoms with van der Waals surface area (Å²) in [6.45, 7) is 4.02. The van der Waals surface area contributed by atoms with Crippen LogP contribution in [-0.2, 0) is 27.5 Å². The highest BCUT2D eigenvalue weighted by Gasteiger charge is 2.39. The van der Waals surface area contributed by atoms with Crippen LogP contribution in [0.1, 0.15) is 71.5 Å². The molecule has 2 aromatic carbocycles. The maximum Gasteiger partial charge on any atom is 0.255 e. The summed E-state index contributed by atoms with van der Waals surface area (Å²) in [5.74, 6) is -0.122. The summed E-state index contributed by atoms with van der Waals surface area (Å²) in [6.07, 6.45) is 4.28. The fourth-order valence-corrected chi connectivity index (χ4v) is 6.32. The number of nitrogens with zero attached hydrogens (tertiary/aromatic N) is 3. The minimum absolute atomic E-state index is 0.124. The first-order valence-electron chi connectivity index (χ1n) is 13.4. The van der Waals surface area contributed by atoms with E-state index in [-0.39, 0.29) is 30.0 Å². The summed E-state index contributed by atoms with van der Waals surface area (Å²) in [5.41, 5.74) is 5.15. The number of imide groups is 1. The van der Waals surface area contributed by atoms with Gasteiger partial charge in [-0.05, 0) is 73.5 Å². The topological polar surface area (TPSA) is 90.0 Å². The number of likely N-dealkylation sites (tertiary alicyclic amines) is 1. The molecule has 4 heterocycles. The van der Waals surface area contributed by atoms with Gasteiger partial charge in [0.25, 0.3) is 5.91 Å². The highest BCUT2D eigenvalue weighted by atomic mass is 16.2. The van der Waals surface area contributed by atoms with Gasteiger partial charge in [-0.15, -0.1) is 0 Å². The standard InChI is InChI=1S/C29H32N4O4/c34-26-10-9-25(28(36)30-26)33-18-22-16-20(7-8-23(22)29(33)37)19-11-14-31(15-12-19)17-21-4-1-2-5-24(21)32-13-3-6-27(32)35/h1-2,4-5,7-8,16,19,25H,3,6,9-15,17-18H2,(H,30,34,36). The van der Waals surface area contributed by atoms with Gasteiger partial charge < -0.3 is 9.80 Å². The number of carbonyl (C=O) groups is 4. The van der Waals surface area contributed by atoms with E-state index in [1.807, 2.05) is 17.0 Å². The smallest absolute Gasteiger partial charge is 0.255 e. The lowest BCUT2D eigenvalue weighted by Gasteiger charge is -2.33. The first-order valence-corrected chi connectivity index (χ1v) is 13.4. The SMILES string of the molecule is O=C1CCC(N2Cc3cc(C4CCN(Cc5ccccc5N5CCCC5=O)CC4)ccc3C2=O)C(=O)N1. The number of piperidine rings is 2. The first kappa shape index (κ1) is 23.9. The molecule has 3 fully saturated rings. The molecule has 8 heteroatoms. The summed E-state index contributed by atoms with van der Waals surface area (Å²) >= 11 is 0. The third-order valence-electron chi connectivity index (χ3n) is 8.36. The van der Waals surface area contributed by atoms with Gasteiger partial charge >= 0.3 is 0 Å². The lowest BCUT2D eigenvalue weighted by molar-refractivity contribution is -0.137. The third-order valence-corrected chi connectivity index (χ3v) is 8.36. The Morgan fingerprint density at radius 3 is 2.46 bits per heavy atom. The zero-order valence-electron chi connectivity index (χ0n) is 20.9. The van der Waals surface area contributed by atoms with Gasteiger partial charge in [-0.3, -0.25) is 29.4 Å². The molecule has 1 unspecified atom stereocenters. The number of benzene rings is 2. The number of anilines is 1. The van der Waals surface area contributed by atoms with Gasteiger partial charge in [0.15, 0.2) is 0 Å². The van der Waals surface area contributed by atoms with Crippen LogP contribution in [0.15, 0.2) is 42.5 Å². The van der Waals surface area contributed by atoms with Gasteiger partial charge in [-0.1, -0.05) is 30.3 Å². The van der Waals surface area contributed by atoms with Gasteiger partial charge in [0, 0.05) is 43.7 Å². The average molecular weight is 501 g/mol. The molecule has 8 nitrogen and oxygen atoms in total. The van der Waals surface area contributed by atoms with Crippen LogP contribution in [0.5, 0.6) is 0 Å². The normalized spacial score (nSPS) is 23.1. The molecule has 3 saturated heterocycles. The maximum atomic E-state index is 13.0. The van der Waals surface area contributed by atoms with Crippen LogP contribution >= 0.6 is 0 Å². The summed E-state index contributed by atoms with van der Waals surface area (Å²) in [6, 6.07) is 13.8. The van der Waals surface area contributed by atoms with E-state index in [1.54, 1.807) is 4.90 Å². The van der Waals surface area contributed by atoms with Crippen molar-refractivity contribution < 1.29 is 19.2 Å². The van der Waals surface area contributed by atoms with E-state index in [1.165, 1.54) is 11.1 Å². The van der Waals surface area contributed by atoms with Crippen molar-refractivity contribution in [2.75, 3.05) is 24.5 Å². The monoisotopic (exact) mass is 500 g/mol. The fraction of sp³-hybridized carbons (Fsp3) is 0.448. The molecule has 0 aliphatic carbocycles. The molecule has 2 aromatic rings. The molecular formula is C29H32N4O4. The van der Waals surface area contributed by atoms with Crippen LogP contribution in [0.3, 0.4) is 0 Å². The van der Waals surface area contributed by atoms with Crippen molar-refractivity contribution in [2.24, 2.45) is 0 Å². The predicted octanol–water partition coefficient (Wildman–Crippen LogP) is 2.95. The molecule has 1 atom stereocenters. The Morgan fingerprint density at radius 2 is 1.70 bits per heavy atom. The maximum absolute atomic E-state index is 13.0. The molecular weight excluding hydrogens is 468 g/mol. The Hall–Kier alpha value is -3.52. The summed E-state index contributed by atoms with van der Waals surface area (Å²) in [4.78, 5) is 55.2. The minimum atomic E-state index is -0.581. The van der Waals surface area contributed by atoms with Gasteiger partial charge in [0.05, 0.1) is 0 Å². The van der Waals surface area contributed by atoms with E-state index in [4.69, 9.17) is 0 Å². The molecule has 4 amide bonds. The second-order valence-electron chi connectivity index (χ2n) is 10.6. The predicted molar refractivity (Wildman–Crippen MR) is 138 cm³/mol. The Morgan fingerprint density at radius 1 is 0.892 bits per heavy atom. The van der Waals surface area contributed by atoms with Crippen LogP contribution in [0, 0.1) is 0 Å². The third kappa shape index (κ3) is 4.55. The number of rotatable bonds is 5. The fourth-order valence-electron chi connectivity index (χ4n) is 6.32. The summed E-state index contributed by atoms with van der Waals surface area (Å²) in [5, 5.41) is 2.36. The van der Waals surface area contributed by atoms with Crippen LogP contribution in [0.25, 0.3) is 0 Å². The van der Waals surface area contributed by atoms with Crippen LogP contribution in [0.2, 0.25) is 0 Å². The van der Waals surface area contributed by atoms with Crippen LogP contribution < -0.4 is 10.2 Å². The highest BCUT2D eigenvalue weighted by molar-refractivity contribution is 6.05. The van der Waals surface area contributed by atoms with Crippen molar-refractivity contribution in [1.29, 1.82) is 0 Å². The molecule has 4 aliphatic heterocycles. The molecule has 0 aromatic heterocycles. The first-order chi connectivity index (χ1) is 18.0. The Bertz CT molecular complexity index is 1270. The van der Waals surface area contributed by atoms with E-state index < -0.39 is 6.04 Å². The van der Waals surface area contributed by atoms with Crippen molar-refractivity contribution in [3.8, 4) is 0 Å². The van der Waals surface area contributed by atoms with E-state index in [2.05, 4.69) is 40.5 Å². The second-order valence-corrected chi connectivity index (χ2v) is 10.6. The highest BCUT2D eigenvalue weighted by Crippen LogP contribution is 2.34. The van der Waals surface area contributed by atoms with E-state index in [0.717, 1.165) is 56.7 Å². The number of carbonyl (C=O) groups excluding carboxylic acids is 4. The average Bonchev–Trinajstić information content (AvgIpc) is 3.47. The molecule has 0 saturated carbocycles. The molecule has 0 radical (unpaired) electrons. The van der Waals surface area contributed by atoms with Crippen molar-refractivity contribution in [1.82, 2.24) is 15.1 Å². The molecule has 37 heavy (non-hydrogen) atoms. The molecule has 192 valence electrons. The molecule has 0 bridgehead atoms. The number of hydrogen-bond donors (Lipinski definition) is 1. The quantitative estimate of drug-likeness (QED) is 0.638. The van der Waals surface area contributed by atoms with E-state index >= 15 is 0 Å². The van der Waals surface area contributed by atoms with E-state index in [9.17, 15) is 19.2 Å². The molecule has 0 spiro atoms. The number of amides is 4. The molecule has 1 N–H and O–H groups in total. The second kappa shape index (κ2) is 9.74. The number of fused-ring (bicyclic) bond motifs is 1. The van der Waals surface area contributed by atoms with Crippen LogP contribution in [0.4, 0.5) is 5.69 Å².